The smallest absolute Gasteiger partial charge is 0.222 e. The molecule has 0 radical (unpaired) electrons. The van der Waals surface area contributed by atoms with Crippen LogP contribution in [0.2, 0.25) is 0 Å². The van der Waals surface area contributed by atoms with E-state index in [4.69, 9.17) is 4.74 Å². The Morgan fingerprint density at radius 3 is 2.81 bits per heavy atom. The summed E-state index contributed by atoms with van der Waals surface area (Å²) in [6.45, 7) is 2.92. The zero-order valence-corrected chi connectivity index (χ0v) is 20.9. The van der Waals surface area contributed by atoms with Gasteiger partial charge in [0.05, 0.1) is 7.11 Å². The molecule has 2 aliphatic rings. The highest BCUT2D eigenvalue weighted by molar-refractivity contribution is 14.0. The average molecular weight is 550 g/mol. The minimum Gasteiger partial charge on any atom is -0.508 e. The summed E-state index contributed by atoms with van der Waals surface area (Å²) in [4.78, 5) is 20.7. The number of carbonyl (C=O) groups excluding carboxylic acids is 1. The largest absolute Gasteiger partial charge is 0.508 e. The van der Waals surface area contributed by atoms with Gasteiger partial charge in [-0.2, -0.15) is 0 Å². The number of nitrogens with one attached hydrogen (secondary N) is 1. The first-order valence-electron chi connectivity index (χ1n) is 10.8. The zero-order valence-electron chi connectivity index (χ0n) is 18.6. The Bertz CT molecular complexity index is 981. The Morgan fingerprint density at radius 2 is 2.09 bits per heavy atom. The summed E-state index contributed by atoms with van der Waals surface area (Å²) in [6, 6.07) is 13.6. The highest BCUT2D eigenvalue weighted by Gasteiger charge is 2.32. The number of hydrogen-bond acceptors (Lipinski definition) is 4. The van der Waals surface area contributed by atoms with E-state index in [1.165, 1.54) is 5.56 Å². The van der Waals surface area contributed by atoms with Crippen LogP contribution in [0.15, 0.2) is 47.5 Å². The number of methoxy groups -OCH3 is 1. The quantitative estimate of drug-likeness (QED) is 0.326. The Labute approximate surface area is 206 Å². The molecule has 0 spiro atoms. The zero-order chi connectivity index (χ0) is 21.8. The van der Waals surface area contributed by atoms with Gasteiger partial charge in [0.1, 0.15) is 11.5 Å². The van der Waals surface area contributed by atoms with Crippen LogP contribution in [0, 0.1) is 0 Å². The number of halogens is 1. The molecule has 1 atom stereocenters. The van der Waals surface area contributed by atoms with E-state index in [0.717, 1.165) is 49.7 Å². The lowest BCUT2D eigenvalue weighted by Crippen LogP contribution is -2.40. The van der Waals surface area contributed by atoms with Crippen LogP contribution >= 0.6 is 24.0 Å². The number of fused-ring (bicyclic) bond motifs is 1. The minimum atomic E-state index is 0. The molecule has 2 N–H and O–H groups in total. The number of likely N-dealkylation sites (tertiary alicyclic amines) is 1. The number of hydrogen-bond donors (Lipinski definition) is 2. The molecule has 0 saturated carbocycles. The molecule has 1 saturated heterocycles. The number of ether oxygens (including phenoxy) is 1. The van der Waals surface area contributed by atoms with Crippen LogP contribution in [0.4, 0.5) is 5.69 Å². The average Bonchev–Trinajstić information content (AvgIpc) is 3.37. The van der Waals surface area contributed by atoms with E-state index in [-0.39, 0.29) is 35.6 Å². The number of nitrogens with zero attached hydrogens (tertiary/aromatic N) is 3. The SMILES string of the molecule is CN=C(NCc1cc(OC)ccc1O)N1CC(CCN2CCCC2=O)c2ccccc21.I. The second-order valence-electron chi connectivity index (χ2n) is 8.03. The van der Waals surface area contributed by atoms with Crippen molar-refractivity contribution in [1.29, 1.82) is 0 Å². The van der Waals surface area contributed by atoms with E-state index in [0.29, 0.717) is 24.6 Å². The molecule has 2 aromatic rings. The molecule has 0 bridgehead atoms. The number of para-hydroxylation sites is 1. The van der Waals surface area contributed by atoms with Gasteiger partial charge in [0.15, 0.2) is 5.96 Å². The van der Waals surface area contributed by atoms with Crippen molar-refractivity contribution in [3.8, 4) is 11.5 Å². The lowest BCUT2D eigenvalue weighted by Gasteiger charge is -2.23. The number of rotatable bonds is 6. The summed E-state index contributed by atoms with van der Waals surface area (Å²) in [5.41, 5.74) is 3.18. The number of benzene rings is 2. The summed E-state index contributed by atoms with van der Waals surface area (Å²) in [5.74, 6) is 2.30. The number of guanidine groups is 1. The first-order chi connectivity index (χ1) is 15.1. The van der Waals surface area contributed by atoms with Gasteiger partial charge in [0, 0.05) is 56.8 Å². The molecule has 2 aromatic carbocycles. The number of phenolic OH excluding ortho intramolecular Hbond substituents is 1. The highest BCUT2D eigenvalue weighted by Crippen LogP contribution is 2.38. The third-order valence-electron chi connectivity index (χ3n) is 6.18. The molecule has 0 aliphatic carbocycles. The lowest BCUT2D eigenvalue weighted by atomic mass is 9.98. The summed E-state index contributed by atoms with van der Waals surface area (Å²) >= 11 is 0. The molecule has 1 amide bonds. The fourth-order valence-corrected chi connectivity index (χ4v) is 4.50. The van der Waals surface area contributed by atoms with Crippen molar-refractivity contribution in [2.75, 3.05) is 38.7 Å². The van der Waals surface area contributed by atoms with Crippen molar-refractivity contribution in [1.82, 2.24) is 10.2 Å². The standard InChI is InChI=1S/C24H30N4O3.HI/c1-25-24(26-15-18-14-19(31-2)9-10-22(18)29)28-16-17(20-6-3-4-7-21(20)28)11-13-27-12-5-8-23(27)30;/h3-4,6-7,9-10,14,17,29H,5,8,11-13,15-16H2,1-2H3,(H,25,26);1H. The third kappa shape index (κ3) is 5.11. The Kier molecular flexibility index (Phi) is 8.22. The van der Waals surface area contributed by atoms with Gasteiger partial charge in [0.2, 0.25) is 5.91 Å². The van der Waals surface area contributed by atoms with Crippen LogP contribution in [-0.2, 0) is 11.3 Å². The Morgan fingerprint density at radius 1 is 1.28 bits per heavy atom. The summed E-state index contributed by atoms with van der Waals surface area (Å²) < 4.78 is 5.27. The summed E-state index contributed by atoms with van der Waals surface area (Å²) in [6.07, 6.45) is 2.59. The molecular formula is C24H31IN4O3. The van der Waals surface area contributed by atoms with Gasteiger partial charge in [-0.3, -0.25) is 9.79 Å². The third-order valence-corrected chi connectivity index (χ3v) is 6.18. The van der Waals surface area contributed by atoms with Crippen molar-refractivity contribution in [3.05, 3.63) is 53.6 Å². The maximum Gasteiger partial charge on any atom is 0.222 e. The fraction of sp³-hybridized carbons (Fsp3) is 0.417. The monoisotopic (exact) mass is 550 g/mol. The number of amides is 1. The molecule has 2 heterocycles. The van der Waals surface area contributed by atoms with E-state index >= 15 is 0 Å². The molecule has 1 fully saturated rings. The normalized spacial score (nSPS) is 17.9. The lowest BCUT2D eigenvalue weighted by molar-refractivity contribution is -0.127. The predicted octanol–water partition coefficient (Wildman–Crippen LogP) is 3.71. The van der Waals surface area contributed by atoms with E-state index in [1.54, 1.807) is 26.3 Å². The van der Waals surface area contributed by atoms with E-state index < -0.39 is 0 Å². The molecule has 172 valence electrons. The van der Waals surface area contributed by atoms with E-state index in [9.17, 15) is 9.90 Å². The van der Waals surface area contributed by atoms with Gasteiger partial charge < -0.3 is 25.0 Å². The fourth-order valence-electron chi connectivity index (χ4n) is 4.50. The van der Waals surface area contributed by atoms with Crippen LogP contribution in [0.25, 0.3) is 0 Å². The number of aliphatic imine (C=N–C) groups is 1. The first-order valence-corrected chi connectivity index (χ1v) is 10.8. The Hall–Kier alpha value is -2.49. The van der Waals surface area contributed by atoms with Crippen molar-refractivity contribution >= 4 is 41.5 Å². The van der Waals surface area contributed by atoms with Crippen LogP contribution < -0.4 is 15.0 Å². The first kappa shape index (κ1) is 24.2. The van der Waals surface area contributed by atoms with Crippen LogP contribution in [0.5, 0.6) is 11.5 Å². The number of phenols is 1. The van der Waals surface area contributed by atoms with Gasteiger partial charge in [-0.15, -0.1) is 24.0 Å². The van der Waals surface area contributed by atoms with Crippen LogP contribution in [0.3, 0.4) is 0 Å². The summed E-state index contributed by atoms with van der Waals surface area (Å²) in [5, 5.41) is 13.6. The van der Waals surface area contributed by atoms with Crippen molar-refractivity contribution in [2.24, 2.45) is 4.99 Å². The molecule has 0 aromatic heterocycles. The number of aromatic hydroxyl groups is 1. The van der Waals surface area contributed by atoms with Crippen LogP contribution in [-0.4, -0.2) is 55.7 Å². The van der Waals surface area contributed by atoms with Gasteiger partial charge in [-0.1, -0.05) is 18.2 Å². The van der Waals surface area contributed by atoms with Crippen molar-refractivity contribution in [3.63, 3.8) is 0 Å². The predicted molar refractivity (Wildman–Crippen MR) is 137 cm³/mol. The van der Waals surface area contributed by atoms with E-state index in [2.05, 4.69) is 33.4 Å². The topological polar surface area (TPSA) is 77.4 Å². The van der Waals surface area contributed by atoms with Gasteiger partial charge >= 0.3 is 0 Å². The molecule has 32 heavy (non-hydrogen) atoms. The Balaban J connectivity index is 0.00000289. The minimum absolute atomic E-state index is 0. The number of carbonyl (C=O) groups is 1. The maximum atomic E-state index is 12.0. The molecular weight excluding hydrogens is 519 g/mol. The molecule has 2 aliphatic heterocycles. The van der Waals surface area contributed by atoms with Crippen molar-refractivity contribution < 1.29 is 14.6 Å². The second-order valence-corrected chi connectivity index (χ2v) is 8.03. The molecule has 1 unspecified atom stereocenters. The summed E-state index contributed by atoms with van der Waals surface area (Å²) in [7, 11) is 3.38. The van der Waals surface area contributed by atoms with Crippen LogP contribution in [0.1, 0.15) is 36.3 Å². The number of anilines is 1. The maximum absolute atomic E-state index is 12.0. The highest BCUT2D eigenvalue weighted by atomic mass is 127. The molecule has 8 heteroatoms. The van der Waals surface area contributed by atoms with Gasteiger partial charge in [-0.25, -0.2) is 0 Å². The second kappa shape index (κ2) is 10.9. The van der Waals surface area contributed by atoms with Gasteiger partial charge in [-0.05, 0) is 42.7 Å². The van der Waals surface area contributed by atoms with Crippen molar-refractivity contribution in [2.45, 2.75) is 31.7 Å². The van der Waals surface area contributed by atoms with E-state index in [1.807, 2.05) is 17.0 Å². The molecule has 4 rings (SSSR count). The molecule has 7 nitrogen and oxygen atoms in total. The van der Waals surface area contributed by atoms with Gasteiger partial charge in [0.25, 0.3) is 0 Å².